The van der Waals surface area contributed by atoms with Crippen molar-refractivity contribution in [2.75, 3.05) is 21.3 Å². The third kappa shape index (κ3) is 2.09. The van der Waals surface area contributed by atoms with Crippen LogP contribution in [-0.2, 0) is 4.79 Å². The second-order valence-corrected chi connectivity index (χ2v) is 3.75. The molecule has 18 heavy (non-hydrogen) atoms. The topological polar surface area (TPSA) is 72.0 Å². The molecule has 1 atom stereocenters. The molecular weight excluding hydrogens is 234 g/mol. The van der Waals surface area contributed by atoms with Crippen LogP contribution >= 0.6 is 0 Å². The van der Waals surface area contributed by atoms with Gasteiger partial charge in [-0.25, -0.2) is 0 Å². The summed E-state index contributed by atoms with van der Waals surface area (Å²) >= 11 is 0. The number of nitrogens with zero attached hydrogens (tertiary/aromatic N) is 1. The highest BCUT2D eigenvalue weighted by atomic mass is 16.5. The fourth-order valence-corrected chi connectivity index (χ4v) is 1.82. The van der Waals surface area contributed by atoms with Crippen LogP contribution in [0.1, 0.15) is 11.6 Å². The largest absolute Gasteiger partial charge is 0.497 e. The molecule has 1 aromatic carbocycles. The van der Waals surface area contributed by atoms with E-state index in [4.69, 9.17) is 9.47 Å². The van der Waals surface area contributed by atoms with Crippen molar-refractivity contribution in [2.45, 2.75) is 6.04 Å². The number of methoxy groups -OCH3 is 2. The third-order valence-electron chi connectivity index (χ3n) is 2.76. The van der Waals surface area contributed by atoms with Gasteiger partial charge in [0.25, 0.3) is 5.91 Å². The lowest BCUT2D eigenvalue weighted by Crippen LogP contribution is -2.24. The lowest BCUT2D eigenvalue weighted by molar-refractivity contribution is -0.120. The van der Waals surface area contributed by atoms with E-state index in [1.807, 2.05) is 0 Å². The lowest BCUT2D eigenvalue weighted by Gasteiger charge is -2.14. The van der Waals surface area contributed by atoms with Gasteiger partial charge < -0.3 is 14.8 Å². The number of benzene rings is 1. The zero-order valence-electron chi connectivity index (χ0n) is 10.5. The molecule has 2 rings (SSSR count). The number of hydrogen-bond donors (Lipinski definition) is 2. The van der Waals surface area contributed by atoms with Crippen LogP contribution in [0.4, 0.5) is 0 Å². The highest BCUT2D eigenvalue weighted by Gasteiger charge is 2.31. The maximum atomic E-state index is 11.8. The minimum atomic E-state index is -0.496. The molecule has 6 heteroatoms. The van der Waals surface area contributed by atoms with Crippen molar-refractivity contribution in [1.82, 2.24) is 10.6 Å². The molecule has 0 saturated carbocycles. The number of aliphatic imine (C=N–C) groups is 1. The van der Waals surface area contributed by atoms with E-state index < -0.39 is 6.04 Å². The summed E-state index contributed by atoms with van der Waals surface area (Å²) in [5.74, 6) is 1.58. The average Bonchev–Trinajstić information content (AvgIpc) is 2.79. The van der Waals surface area contributed by atoms with Crippen LogP contribution in [-0.4, -0.2) is 33.1 Å². The first kappa shape index (κ1) is 12.2. The number of rotatable bonds is 3. The number of guanidine groups is 1. The fourth-order valence-electron chi connectivity index (χ4n) is 1.82. The molecule has 0 bridgehead atoms. The van der Waals surface area contributed by atoms with Crippen LogP contribution in [0, 0.1) is 0 Å². The van der Waals surface area contributed by atoms with Crippen molar-refractivity contribution < 1.29 is 14.3 Å². The fraction of sp³-hybridized carbons (Fsp3) is 0.333. The van der Waals surface area contributed by atoms with E-state index in [0.29, 0.717) is 17.5 Å². The molecule has 1 amide bonds. The van der Waals surface area contributed by atoms with E-state index in [0.717, 1.165) is 5.56 Å². The Bertz CT molecular complexity index is 499. The normalized spacial score (nSPS) is 20.5. The van der Waals surface area contributed by atoms with Gasteiger partial charge >= 0.3 is 0 Å². The van der Waals surface area contributed by atoms with Crippen molar-refractivity contribution in [2.24, 2.45) is 4.99 Å². The lowest BCUT2D eigenvalue weighted by atomic mass is 10.1. The van der Waals surface area contributed by atoms with E-state index >= 15 is 0 Å². The number of carbonyl (C=O) groups is 1. The Labute approximate surface area is 105 Å². The number of amides is 1. The first-order chi connectivity index (χ1) is 8.69. The van der Waals surface area contributed by atoms with Crippen LogP contribution in [0.2, 0.25) is 0 Å². The van der Waals surface area contributed by atoms with Crippen molar-refractivity contribution in [3.63, 3.8) is 0 Å². The number of carbonyl (C=O) groups excluding carboxylic acids is 1. The van der Waals surface area contributed by atoms with Crippen molar-refractivity contribution >= 4 is 11.9 Å². The van der Waals surface area contributed by atoms with Gasteiger partial charge in [-0.1, -0.05) is 0 Å². The minimum absolute atomic E-state index is 0.154. The molecule has 96 valence electrons. The maximum Gasteiger partial charge on any atom is 0.254 e. The molecule has 1 saturated heterocycles. The molecule has 1 aromatic rings. The highest BCUT2D eigenvalue weighted by Crippen LogP contribution is 2.30. The number of nitrogens with one attached hydrogen (secondary N) is 2. The summed E-state index contributed by atoms with van der Waals surface area (Å²) in [4.78, 5) is 15.7. The van der Waals surface area contributed by atoms with Gasteiger partial charge in [0.15, 0.2) is 5.96 Å². The Morgan fingerprint density at radius 3 is 2.61 bits per heavy atom. The van der Waals surface area contributed by atoms with Crippen molar-refractivity contribution in [1.29, 1.82) is 0 Å². The van der Waals surface area contributed by atoms with Crippen LogP contribution < -0.4 is 20.1 Å². The van der Waals surface area contributed by atoms with Crippen LogP contribution in [0.5, 0.6) is 11.5 Å². The van der Waals surface area contributed by atoms with Gasteiger partial charge in [-0.05, 0) is 12.1 Å². The smallest absolute Gasteiger partial charge is 0.254 e. The predicted molar refractivity (Wildman–Crippen MR) is 66.9 cm³/mol. The van der Waals surface area contributed by atoms with E-state index in [1.165, 1.54) is 0 Å². The van der Waals surface area contributed by atoms with Gasteiger partial charge in [0, 0.05) is 18.7 Å². The molecule has 0 aromatic heterocycles. The Hall–Kier alpha value is -2.24. The predicted octanol–water partition coefficient (Wildman–Crippen LogP) is 0.450. The van der Waals surface area contributed by atoms with Gasteiger partial charge in [-0.3, -0.25) is 15.1 Å². The zero-order valence-corrected chi connectivity index (χ0v) is 10.5. The van der Waals surface area contributed by atoms with Crippen LogP contribution in [0.3, 0.4) is 0 Å². The summed E-state index contributed by atoms with van der Waals surface area (Å²) < 4.78 is 10.4. The summed E-state index contributed by atoms with van der Waals surface area (Å²) in [5.41, 5.74) is 0.745. The Balaban J connectivity index is 2.36. The molecule has 0 radical (unpaired) electrons. The summed E-state index contributed by atoms with van der Waals surface area (Å²) in [6.45, 7) is 0. The van der Waals surface area contributed by atoms with Crippen LogP contribution in [0.25, 0.3) is 0 Å². The Morgan fingerprint density at radius 2 is 2.06 bits per heavy atom. The summed E-state index contributed by atoms with van der Waals surface area (Å²) in [6, 6.07) is 4.83. The molecule has 6 nitrogen and oxygen atoms in total. The first-order valence-electron chi connectivity index (χ1n) is 5.45. The van der Waals surface area contributed by atoms with Crippen molar-refractivity contribution in [3.05, 3.63) is 23.8 Å². The van der Waals surface area contributed by atoms with Gasteiger partial charge in [0.2, 0.25) is 0 Å². The average molecular weight is 249 g/mol. The van der Waals surface area contributed by atoms with Crippen molar-refractivity contribution in [3.8, 4) is 11.5 Å². The van der Waals surface area contributed by atoms with E-state index in [1.54, 1.807) is 39.5 Å². The standard InChI is InChI=1S/C12H15N3O3/c1-13-12-14-10(11(16)15-12)8-5-4-7(17-2)6-9(8)18-3/h4-6,10H,1-3H3,(H2,13,14,15,16). The van der Waals surface area contributed by atoms with Crippen LogP contribution in [0.15, 0.2) is 23.2 Å². The zero-order chi connectivity index (χ0) is 13.1. The van der Waals surface area contributed by atoms with Gasteiger partial charge in [-0.2, -0.15) is 0 Å². The monoisotopic (exact) mass is 249 g/mol. The van der Waals surface area contributed by atoms with E-state index in [-0.39, 0.29) is 5.91 Å². The van der Waals surface area contributed by atoms with Gasteiger partial charge in [0.1, 0.15) is 17.5 Å². The van der Waals surface area contributed by atoms with E-state index in [2.05, 4.69) is 15.6 Å². The molecule has 1 heterocycles. The number of ether oxygens (including phenoxy) is 2. The van der Waals surface area contributed by atoms with E-state index in [9.17, 15) is 4.79 Å². The molecule has 1 unspecified atom stereocenters. The minimum Gasteiger partial charge on any atom is -0.497 e. The SMILES string of the molecule is CN=C1NC(=O)C(c2ccc(OC)cc2OC)N1. The summed E-state index contributed by atoms with van der Waals surface area (Å²) in [6.07, 6.45) is 0. The second-order valence-electron chi connectivity index (χ2n) is 3.75. The molecule has 0 spiro atoms. The summed E-state index contributed by atoms with van der Waals surface area (Å²) in [7, 11) is 4.74. The summed E-state index contributed by atoms with van der Waals surface area (Å²) in [5, 5.41) is 5.63. The highest BCUT2D eigenvalue weighted by molar-refractivity contribution is 6.06. The third-order valence-corrected chi connectivity index (χ3v) is 2.76. The molecule has 1 aliphatic rings. The Kier molecular flexibility index (Phi) is 3.36. The molecule has 1 aliphatic heterocycles. The molecule has 0 aliphatic carbocycles. The van der Waals surface area contributed by atoms with Gasteiger partial charge in [0.05, 0.1) is 14.2 Å². The Morgan fingerprint density at radius 1 is 1.28 bits per heavy atom. The first-order valence-corrected chi connectivity index (χ1v) is 5.45. The maximum absolute atomic E-state index is 11.8. The quantitative estimate of drug-likeness (QED) is 0.816. The molecule has 2 N–H and O–H groups in total. The number of hydrogen-bond acceptors (Lipinski definition) is 4. The molecule has 1 fully saturated rings. The second kappa shape index (κ2) is 4.95. The molecular formula is C12H15N3O3. The van der Waals surface area contributed by atoms with Gasteiger partial charge in [-0.15, -0.1) is 0 Å².